The second kappa shape index (κ2) is 5.76. The number of nitrogens with zero attached hydrogens (tertiary/aromatic N) is 3. The number of anilines is 1. The predicted molar refractivity (Wildman–Crippen MR) is 77.2 cm³/mol. The largest absolute Gasteiger partial charge is 0.336 e. The van der Waals surface area contributed by atoms with Crippen LogP contribution in [0.15, 0.2) is 18.2 Å². The Hall–Kier alpha value is -1.66. The fraction of sp³-hybridized carbons (Fsp3) is 0.571. The van der Waals surface area contributed by atoms with Crippen molar-refractivity contribution in [2.24, 2.45) is 5.84 Å². The number of nitrogens with one attached hydrogen (secondary N) is 1. The standard InChI is InChI=1S/C14H21N5O/c15-17-13-5-3-4-12(16-13)14(20)19-9-6-11(10-19)18-7-1-2-8-18/h3-5,11H,1-2,6-10,15H2,(H,16,17). The van der Waals surface area contributed by atoms with Crippen LogP contribution < -0.4 is 11.3 Å². The van der Waals surface area contributed by atoms with E-state index in [-0.39, 0.29) is 5.91 Å². The van der Waals surface area contributed by atoms with Gasteiger partial charge in [0.15, 0.2) is 0 Å². The fourth-order valence-electron chi connectivity index (χ4n) is 3.13. The molecule has 108 valence electrons. The Morgan fingerprint density at radius 1 is 1.30 bits per heavy atom. The summed E-state index contributed by atoms with van der Waals surface area (Å²) in [6.07, 6.45) is 3.65. The van der Waals surface area contributed by atoms with Crippen LogP contribution in [-0.2, 0) is 0 Å². The molecule has 0 bridgehead atoms. The number of rotatable bonds is 3. The average molecular weight is 275 g/mol. The highest BCUT2D eigenvalue weighted by molar-refractivity contribution is 5.92. The van der Waals surface area contributed by atoms with Crippen LogP contribution in [0.25, 0.3) is 0 Å². The van der Waals surface area contributed by atoms with Gasteiger partial charge in [0.25, 0.3) is 5.91 Å². The maximum absolute atomic E-state index is 12.5. The number of carbonyl (C=O) groups excluding carboxylic acids is 1. The van der Waals surface area contributed by atoms with Crippen LogP contribution in [0.4, 0.5) is 5.82 Å². The minimum atomic E-state index is 0.00352. The fourth-order valence-corrected chi connectivity index (χ4v) is 3.13. The summed E-state index contributed by atoms with van der Waals surface area (Å²) in [5.41, 5.74) is 2.94. The van der Waals surface area contributed by atoms with Gasteiger partial charge in [-0.15, -0.1) is 0 Å². The summed E-state index contributed by atoms with van der Waals surface area (Å²) in [6, 6.07) is 5.81. The number of hydrogen-bond donors (Lipinski definition) is 2. The minimum absolute atomic E-state index is 0.00352. The molecule has 3 rings (SSSR count). The second-order valence-electron chi connectivity index (χ2n) is 5.49. The highest BCUT2D eigenvalue weighted by atomic mass is 16.2. The van der Waals surface area contributed by atoms with Crippen molar-refractivity contribution in [3.05, 3.63) is 23.9 Å². The molecule has 2 fully saturated rings. The van der Waals surface area contributed by atoms with Gasteiger partial charge in [-0.3, -0.25) is 9.69 Å². The van der Waals surface area contributed by atoms with Gasteiger partial charge in [0, 0.05) is 19.1 Å². The topological polar surface area (TPSA) is 74.5 Å². The van der Waals surface area contributed by atoms with Crippen LogP contribution in [0.3, 0.4) is 0 Å². The summed E-state index contributed by atoms with van der Waals surface area (Å²) in [6.45, 7) is 4.00. The van der Waals surface area contributed by atoms with Crippen molar-refractivity contribution < 1.29 is 4.79 Å². The maximum atomic E-state index is 12.5. The van der Waals surface area contributed by atoms with E-state index < -0.39 is 0 Å². The van der Waals surface area contributed by atoms with Crippen molar-refractivity contribution in [1.82, 2.24) is 14.8 Å². The number of pyridine rings is 1. The van der Waals surface area contributed by atoms with Gasteiger partial charge in [0.1, 0.15) is 11.5 Å². The molecule has 6 heteroatoms. The molecule has 6 nitrogen and oxygen atoms in total. The molecule has 1 aromatic rings. The second-order valence-corrected chi connectivity index (χ2v) is 5.49. The Morgan fingerprint density at radius 2 is 2.10 bits per heavy atom. The monoisotopic (exact) mass is 275 g/mol. The highest BCUT2D eigenvalue weighted by Gasteiger charge is 2.32. The van der Waals surface area contributed by atoms with Gasteiger partial charge >= 0.3 is 0 Å². The lowest BCUT2D eigenvalue weighted by Crippen LogP contribution is -2.37. The third-order valence-electron chi connectivity index (χ3n) is 4.22. The Labute approximate surface area is 118 Å². The van der Waals surface area contributed by atoms with Crippen molar-refractivity contribution >= 4 is 11.7 Å². The molecule has 2 saturated heterocycles. The van der Waals surface area contributed by atoms with Crippen LogP contribution in [0, 0.1) is 0 Å². The Balaban J connectivity index is 1.65. The van der Waals surface area contributed by atoms with Gasteiger partial charge in [0.05, 0.1) is 0 Å². The zero-order valence-corrected chi connectivity index (χ0v) is 11.6. The van der Waals surface area contributed by atoms with Gasteiger partial charge in [-0.2, -0.15) is 0 Å². The molecule has 1 atom stereocenters. The minimum Gasteiger partial charge on any atom is -0.336 e. The van der Waals surface area contributed by atoms with Crippen LogP contribution >= 0.6 is 0 Å². The summed E-state index contributed by atoms with van der Waals surface area (Å²) < 4.78 is 0. The normalized spacial score (nSPS) is 23.2. The van der Waals surface area contributed by atoms with Gasteiger partial charge < -0.3 is 10.3 Å². The molecule has 20 heavy (non-hydrogen) atoms. The van der Waals surface area contributed by atoms with E-state index in [1.165, 1.54) is 25.9 Å². The molecule has 2 aliphatic rings. The zero-order chi connectivity index (χ0) is 13.9. The predicted octanol–water partition coefficient (Wildman–Crippen LogP) is 0.677. The molecule has 0 radical (unpaired) electrons. The molecule has 0 aliphatic carbocycles. The summed E-state index contributed by atoms with van der Waals surface area (Å²) >= 11 is 0. The molecular formula is C14H21N5O. The Kier molecular flexibility index (Phi) is 3.84. The number of hydrazine groups is 1. The lowest BCUT2D eigenvalue weighted by Gasteiger charge is -2.23. The first-order valence-electron chi connectivity index (χ1n) is 7.25. The molecule has 0 saturated carbocycles. The van der Waals surface area contributed by atoms with E-state index in [1.54, 1.807) is 18.2 Å². The summed E-state index contributed by atoms with van der Waals surface area (Å²) in [4.78, 5) is 21.1. The molecule has 3 N–H and O–H groups in total. The van der Waals surface area contributed by atoms with Crippen molar-refractivity contribution in [3.63, 3.8) is 0 Å². The summed E-state index contributed by atoms with van der Waals surface area (Å²) in [5.74, 6) is 5.86. The number of hydrogen-bond acceptors (Lipinski definition) is 5. The van der Waals surface area contributed by atoms with Crippen molar-refractivity contribution in [3.8, 4) is 0 Å². The van der Waals surface area contributed by atoms with Gasteiger partial charge in [-0.1, -0.05) is 6.07 Å². The lowest BCUT2D eigenvalue weighted by molar-refractivity contribution is 0.0774. The highest BCUT2D eigenvalue weighted by Crippen LogP contribution is 2.21. The van der Waals surface area contributed by atoms with Gasteiger partial charge in [0.2, 0.25) is 0 Å². The third-order valence-corrected chi connectivity index (χ3v) is 4.22. The Morgan fingerprint density at radius 3 is 2.85 bits per heavy atom. The van der Waals surface area contributed by atoms with E-state index in [2.05, 4.69) is 15.3 Å². The third kappa shape index (κ3) is 2.62. The molecule has 0 aromatic carbocycles. The van der Waals surface area contributed by atoms with E-state index in [1.807, 2.05) is 4.90 Å². The van der Waals surface area contributed by atoms with Gasteiger partial charge in [-0.25, -0.2) is 10.8 Å². The number of amides is 1. The molecule has 1 amide bonds. The first kappa shape index (κ1) is 13.3. The van der Waals surface area contributed by atoms with E-state index in [0.717, 1.165) is 19.5 Å². The summed E-state index contributed by atoms with van der Waals surface area (Å²) in [5, 5.41) is 0. The van der Waals surface area contributed by atoms with Crippen LogP contribution in [-0.4, -0.2) is 52.9 Å². The molecule has 1 aromatic heterocycles. The van der Waals surface area contributed by atoms with Crippen molar-refractivity contribution in [1.29, 1.82) is 0 Å². The van der Waals surface area contributed by atoms with Crippen LogP contribution in [0.1, 0.15) is 29.8 Å². The Bertz CT molecular complexity index is 486. The number of nitrogens with two attached hydrogens (primary N) is 1. The molecule has 1 unspecified atom stereocenters. The molecular weight excluding hydrogens is 254 g/mol. The molecule has 0 spiro atoms. The number of nitrogen functional groups attached to an aromatic ring is 1. The zero-order valence-electron chi connectivity index (χ0n) is 11.6. The smallest absolute Gasteiger partial charge is 0.272 e. The van der Waals surface area contributed by atoms with Crippen LogP contribution in [0.5, 0.6) is 0 Å². The number of aromatic nitrogens is 1. The van der Waals surface area contributed by atoms with E-state index in [0.29, 0.717) is 17.6 Å². The van der Waals surface area contributed by atoms with E-state index in [9.17, 15) is 4.79 Å². The first-order valence-corrected chi connectivity index (χ1v) is 7.25. The van der Waals surface area contributed by atoms with E-state index in [4.69, 9.17) is 5.84 Å². The quantitative estimate of drug-likeness (QED) is 0.627. The average Bonchev–Trinajstić information content (AvgIpc) is 3.17. The number of carbonyl (C=O) groups is 1. The molecule has 3 heterocycles. The van der Waals surface area contributed by atoms with Crippen molar-refractivity contribution in [2.45, 2.75) is 25.3 Å². The SMILES string of the molecule is NNc1cccc(C(=O)N2CCC(N3CCCC3)C2)n1. The van der Waals surface area contributed by atoms with E-state index >= 15 is 0 Å². The van der Waals surface area contributed by atoms with Crippen molar-refractivity contribution in [2.75, 3.05) is 31.6 Å². The summed E-state index contributed by atoms with van der Waals surface area (Å²) in [7, 11) is 0. The van der Waals surface area contributed by atoms with Gasteiger partial charge in [-0.05, 0) is 44.5 Å². The van der Waals surface area contributed by atoms with Crippen LogP contribution in [0.2, 0.25) is 0 Å². The number of likely N-dealkylation sites (tertiary alicyclic amines) is 2. The lowest BCUT2D eigenvalue weighted by atomic mass is 10.2. The molecule has 2 aliphatic heterocycles. The first-order chi connectivity index (χ1) is 9.78. The maximum Gasteiger partial charge on any atom is 0.272 e.